The number of piperidine rings is 1. The summed E-state index contributed by atoms with van der Waals surface area (Å²) in [4.78, 5) is 13.7. The Labute approximate surface area is 176 Å². The molecule has 1 fully saturated rings. The van der Waals surface area contributed by atoms with Crippen LogP contribution in [0.15, 0.2) is 42.5 Å². The van der Waals surface area contributed by atoms with Gasteiger partial charge in [-0.2, -0.15) is 13.2 Å². The van der Waals surface area contributed by atoms with Gasteiger partial charge in [0.2, 0.25) is 0 Å². The molecule has 2 aromatic carbocycles. The van der Waals surface area contributed by atoms with Crippen LogP contribution in [-0.2, 0) is 16.6 Å². The Balaban J connectivity index is 1.84. The highest BCUT2D eigenvalue weighted by Crippen LogP contribution is 2.40. The number of ether oxygens (including phenoxy) is 1. The lowest BCUT2D eigenvalue weighted by Gasteiger charge is -2.41. The van der Waals surface area contributed by atoms with E-state index < -0.39 is 29.4 Å². The van der Waals surface area contributed by atoms with E-state index in [2.05, 4.69) is 0 Å². The molecule has 0 saturated carbocycles. The number of benzene rings is 2. The Kier molecular flexibility index (Phi) is 6.31. The Morgan fingerprint density at radius 2 is 1.87 bits per heavy atom. The van der Waals surface area contributed by atoms with E-state index in [4.69, 9.17) is 16.3 Å². The van der Waals surface area contributed by atoms with Gasteiger partial charge in [-0.15, -0.1) is 0 Å². The summed E-state index contributed by atoms with van der Waals surface area (Å²) >= 11 is 6.04. The van der Waals surface area contributed by atoms with Gasteiger partial charge in [0.1, 0.15) is 11.8 Å². The molecule has 0 bridgehead atoms. The second-order valence-electron chi connectivity index (χ2n) is 7.27. The van der Waals surface area contributed by atoms with Gasteiger partial charge in [0.05, 0.1) is 18.3 Å². The van der Waals surface area contributed by atoms with Crippen LogP contribution in [0, 0.1) is 0 Å². The summed E-state index contributed by atoms with van der Waals surface area (Å²) in [5.41, 5.74) is -1.76. The van der Waals surface area contributed by atoms with E-state index in [1.54, 1.807) is 17.0 Å². The monoisotopic (exact) mass is 443 g/mol. The highest BCUT2D eigenvalue weighted by Gasteiger charge is 2.40. The van der Waals surface area contributed by atoms with Crippen LogP contribution in [0.4, 0.5) is 13.2 Å². The molecule has 5 nitrogen and oxygen atoms in total. The van der Waals surface area contributed by atoms with E-state index in [-0.39, 0.29) is 31.5 Å². The smallest absolute Gasteiger partial charge is 0.416 e. The quantitative estimate of drug-likeness (QED) is 0.713. The number of hydrogen-bond acceptors (Lipinski definition) is 4. The molecule has 9 heteroatoms. The second kappa shape index (κ2) is 8.45. The third kappa shape index (κ3) is 4.55. The molecule has 0 amide bonds. The Morgan fingerprint density at radius 1 is 1.20 bits per heavy atom. The van der Waals surface area contributed by atoms with Gasteiger partial charge in [0.15, 0.2) is 0 Å². The Bertz CT molecular complexity index is 927. The van der Waals surface area contributed by atoms with E-state index >= 15 is 0 Å². The van der Waals surface area contributed by atoms with Gasteiger partial charge >= 0.3 is 12.1 Å². The number of carbonyl (C=O) groups is 1. The number of hydrogen-bond donors (Lipinski definition) is 2. The predicted molar refractivity (Wildman–Crippen MR) is 105 cm³/mol. The third-order valence-electron chi connectivity index (χ3n) is 5.44. The van der Waals surface area contributed by atoms with Crippen LogP contribution in [0.2, 0.25) is 5.02 Å². The molecule has 1 aliphatic heterocycles. The molecule has 1 atom stereocenters. The van der Waals surface area contributed by atoms with Gasteiger partial charge in [-0.05, 0) is 48.7 Å². The maximum Gasteiger partial charge on any atom is 0.416 e. The minimum Gasteiger partial charge on any atom is -0.496 e. The van der Waals surface area contributed by atoms with Gasteiger partial charge < -0.3 is 14.9 Å². The standard InChI is InChI=1S/C21H21ClF3NO4/c1-30-17-6-5-15(22)12-16(17)18(19(27)28)26-9-7-20(29,8-10-26)13-3-2-4-14(11-13)21(23,24)25/h2-6,11-12,18,29H,7-10H2,1H3,(H,27,28). The fourth-order valence-corrected chi connectivity index (χ4v) is 4.01. The molecule has 1 saturated heterocycles. The number of halogens is 4. The molecule has 1 aliphatic rings. The molecule has 0 spiro atoms. The summed E-state index contributed by atoms with van der Waals surface area (Å²) in [7, 11) is 1.42. The number of methoxy groups -OCH3 is 1. The maximum atomic E-state index is 13.0. The Hall–Kier alpha value is -2.29. The van der Waals surface area contributed by atoms with E-state index in [1.807, 2.05) is 0 Å². The lowest BCUT2D eigenvalue weighted by molar-refractivity contribution is -0.146. The molecule has 1 heterocycles. The molecule has 0 aliphatic carbocycles. The predicted octanol–water partition coefficient (Wildman–Crippen LogP) is 4.48. The lowest BCUT2D eigenvalue weighted by Crippen LogP contribution is -2.46. The van der Waals surface area contributed by atoms with Crippen LogP contribution in [-0.4, -0.2) is 41.3 Å². The SMILES string of the molecule is COc1ccc(Cl)cc1C(C(=O)O)N1CCC(O)(c2cccc(C(F)(F)F)c2)CC1. The van der Waals surface area contributed by atoms with Crippen molar-refractivity contribution in [1.29, 1.82) is 0 Å². The van der Waals surface area contributed by atoms with Crippen LogP contribution in [0.1, 0.15) is 35.6 Å². The topological polar surface area (TPSA) is 70.0 Å². The summed E-state index contributed by atoms with van der Waals surface area (Å²) in [6.45, 7) is 0.332. The molecule has 3 rings (SSSR count). The molecule has 2 aromatic rings. The zero-order valence-electron chi connectivity index (χ0n) is 16.1. The van der Waals surface area contributed by atoms with E-state index in [0.29, 0.717) is 16.3 Å². The number of likely N-dealkylation sites (tertiary alicyclic amines) is 1. The summed E-state index contributed by atoms with van der Waals surface area (Å²) in [5.74, 6) is -0.745. The number of alkyl halides is 3. The minimum atomic E-state index is -4.51. The number of carboxylic acid groups (broad SMARTS) is 1. The number of aliphatic carboxylic acids is 1. The Morgan fingerprint density at radius 3 is 2.43 bits per heavy atom. The number of nitrogens with zero attached hydrogens (tertiary/aromatic N) is 1. The number of aliphatic hydroxyl groups is 1. The van der Waals surface area contributed by atoms with Crippen LogP contribution < -0.4 is 4.74 Å². The minimum absolute atomic E-state index is 0.0843. The molecule has 1 unspecified atom stereocenters. The highest BCUT2D eigenvalue weighted by atomic mass is 35.5. The summed E-state index contributed by atoms with van der Waals surface area (Å²) < 4.78 is 44.4. The zero-order valence-corrected chi connectivity index (χ0v) is 16.9. The van der Waals surface area contributed by atoms with Gasteiger partial charge in [-0.25, -0.2) is 0 Å². The number of rotatable bonds is 5. The fraction of sp³-hybridized carbons (Fsp3) is 0.381. The van der Waals surface area contributed by atoms with Crippen molar-refractivity contribution in [2.75, 3.05) is 20.2 Å². The lowest BCUT2D eigenvalue weighted by atomic mass is 9.83. The second-order valence-corrected chi connectivity index (χ2v) is 7.71. The molecule has 0 aromatic heterocycles. The van der Waals surface area contributed by atoms with Crippen molar-refractivity contribution in [1.82, 2.24) is 4.90 Å². The van der Waals surface area contributed by atoms with Crippen molar-refractivity contribution in [2.45, 2.75) is 30.7 Å². The maximum absolute atomic E-state index is 13.0. The first-order valence-corrected chi connectivity index (χ1v) is 9.63. The van der Waals surface area contributed by atoms with Crippen LogP contribution in [0.3, 0.4) is 0 Å². The summed E-state index contributed by atoms with van der Waals surface area (Å²) in [5, 5.41) is 21.2. The first-order chi connectivity index (χ1) is 14.0. The van der Waals surface area contributed by atoms with Crippen molar-refractivity contribution < 1.29 is 32.9 Å². The molecular formula is C21H21ClF3NO4. The highest BCUT2D eigenvalue weighted by molar-refractivity contribution is 6.30. The van der Waals surface area contributed by atoms with E-state index in [1.165, 1.54) is 25.3 Å². The van der Waals surface area contributed by atoms with Crippen molar-refractivity contribution >= 4 is 17.6 Å². The normalized spacial score (nSPS) is 18.1. The van der Waals surface area contributed by atoms with Crippen molar-refractivity contribution in [3.05, 3.63) is 64.2 Å². The molecule has 0 radical (unpaired) electrons. The largest absolute Gasteiger partial charge is 0.496 e. The first kappa shape index (κ1) is 22.4. The van der Waals surface area contributed by atoms with E-state index in [0.717, 1.165) is 12.1 Å². The fourth-order valence-electron chi connectivity index (χ4n) is 3.83. The van der Waals surface area contributed by atoms with E-state index in [9.17, 15) is 28.2 Å². The van der Waals surface area contributed by atoms with Gasteiger partial charge in [0.25, 0.3) is 0 Å². The van der Waals surface area contributed by atoms with Crippen molar-refractivity contribution in [2.24, 2.45) is 0 Å². The van der Waals surface area contributed by atoms with Gasteiger partial charge in [0, 0.05) is 23.7 Å². The third-order valence-corrected chi connectivity index (χ3v) is 5.67. The van der Waals surface area contributed by atoms with Crippen LogP contribution in [0.25, 0.3) is 0 Å². The average Bonchev–Trinajstić information content (AvgIpc) is 2.69. The average molecular weight is 444 g/mol. The van der Waals surface area contributed by atoms with Crippen LogP contribution >= 0.6 is 11.6 Å². The van der Waals surface area contributed by atoms with Crippen molar-refractivity contribution in [3.63, 3.8) is 0 Å². The number of carboxylic acids is 1. The molecule has 2 N–H and O–H groups in total. The zero-order chi connectivity index (χ0) is 22.1. The van der Waals surface area contributed by atoms with Gasteiger partial charge in [-0.1, -0.05) is 23.7 Å². The summed E-state index contributed by atoms with van der Waals surface area (Å²) in [6.07, 6.45) is -4.34. The molecule has 162 valence electrons. The van der Waals surface area contributed by atoms with Crippen molar-refractivity contribution in [3.8, 4) is 5.75 Å². The molecule has 30 heavy (non-hydrogen) atoms. The first-order valence-electron chi connectivity index (χ1n) is 9.25. The summed E-state index contributed by atoms with van der Waals surface area (Å²) in [6, 6.07) is 8.25. The van der Waals surface area contributed by atoms with Gasteiger partial charge in [-0.3, -0.25) is 9.69 Å². The van der Waals surface area contributed by atoms with Crippen LogP contribution in [0.5, 0.6) is 5.75 Å². The molecular weight excluding hydrogens is 423 g/mol.